The number of carbonyl (C=O) groups excluding carboxylic acids is 1. The smallest absolute Gasteiger partial charge is 0.225 e. The standard InChI is InChI=1S/C17H16N2O2S2/c20-16(18-13-5-2-1-3-6-13)8-10-22-11-14-12-23-17(19-14)15-7-4-9-21-15/h1-7,9,12H,8,10-11H2,(H,18,20). The Morgan fingerprint density at radius 1 is 1.22 bits per heavy atom. The summed E-state index contributed by atoms with van der Waals surface area (Å²) in [6.45, 7) is 0. The molecule has 23 heavy (non-hydrogen) atoms. The van der Waals surface area contributed by atoms with Gasteiger partial charge in [-0.1, -0.05) is 18.2 Å². The molecule has 0 radical (unpaired) electrons. The molecule has 3 aromatic rings. The highest BCUT2D eigenvalue weighted by molar-refractivity contribution is 7.98. The van der Waals surface area contributed by atoms with Crippen LogP contribution in [0.4, 0.5) is 5.69 Å². The summed E-state index contributed by atoms with van der Waals surface area (Å²) >= 11 is 3.28. The van der Waals surface area contributed by atoms with E-state index in [0.717, 1.165) is 33.7 Å². The zero-order chi connectivity index (χ0) is 15.9. The first-order valence-electron chi connectivity index (χ1n) is 7.22. The van der Waals surface area contributed by atoms with Crippen LogP contribution in [0.5, 0.6) is 0 Å². The van der Waals surface area contributed by atoms with Crippen LogP contribution in [0.2, 0.25) is 0 Å². The van der Waals surface area contributed by atoms with E-state index in [2.05, 4.69) is 10.3 Å². The Kier molecular flexibility index (Phi) is 5.50. The van der Waals surface area contributed by atoms with E-state index in [1.54, 1.807) is 29.4 Å². The van der Waals surface area contributed by atoms with Crippen LogP contribution in [-0.4, -0.2) is 16.6 Å². The molecule has 1 aromatic carbocycles. The van der Waals surface area contributed by atoms with Gasteiger partial charge in [-0.2, -0.15) is 11.8 Å². The number of aromatic nitrogens is 1. The number of nitrogens with one attached hydrogen (secondary N) is 1. The van der Waals surface area contributed by atoms with Crippen molar-refractivity contribution >= 4 is 34.7 Å². The lowest BCUT2D eigenvalue weighted by Gasteiger charge is -2.04. The molecule has 118 valence electrons. The molecular weight excluding hydrogens is 328 g/mol. The first kappa shape index (κ1) is 15.8. The second kappa shape index (κ2) is 7.99. The van der Waals surface area contributed by atoms with Crippen molar-refractivity contribution in [2.75, 3.05) is 11.1 Å². The Bertz CT molecular complexity index is 739. The van der Waals surface area contributed by atoms with E-state index in [0.29, 0.717) is 6.42 Å². The fraction of sp³-hybridized carbons (Fsp3) is 0.176. The van der Waals surface area contributed by atoms with Gasteiger partial charge in [0, 0.05) is 29.0 Å². The largest absolute Gasteiger partial charge is 0.462 e. The summed E-state index contributed by atoms with van der Waals surface area (Å²) in [7, 11) is 0. The van der Waals surface area contributed by atoms with Crippen molar-refractivity contribution in [1.29, 1.82) is 0 Å². The van der Waals surface area contributed by atoms with Gasteiger partial charge in [-0.05, 0) is 24.3 Å². The van der Waals surface area contributed by atoms with Gasteiger partial charge >= 0.3 is 0 Å². The molecule has 0 saturated carbocycles. The van der Waals surface area contributed by atoms with Crippen molar-refractivity contribution in [1.82, 2.24) is 4.98 Å². The van der Waals surface area contributed by atoms with Crippen LogP contribution in [0, 0.1) is 0 Å². The third-order valence-electron chi connectivity index (χ3n) is 3.06. The van der Waals surface area contributed by atoms with Crippen LogP contribution in [0.1, 0.15) is 12.1 Å². The van der Waals surface area contributed by atoms with E-state index in [1.807, 2.05) is 47.8 Å². The number of nitrogens with zero attached hydrogens (tertiary/aromatic N) is 1. The molecule has 0 aliphatic rings. The SMILES string of the molecule is O=C(CCSCc1csc(-c2ccco2)n1)Nc1ccccc1. The van der Waals surface area contributed by atoms with E-state index < -0.39 is 0 Å². The lowest BCUT2D eigenvalue weighted by molar-refractivity contribution is -0.115. The maximum atomic E-state index is 11.8. The molecule has 0 aliphatic heterocycles. The first-order chi connectivity index (χ1) is 11.3. The summed E-state index contributed by atoms with van der Waals surface area (Å²) in [4.78, 5) is 16.4. The fourth-order valence-electron chi connectivity index (χ4n) is 1.97. The molecule has 0 aliphatic carbocycles. The van der Waals surface area contributed by atoms with E-state index >= 15 is 0 Å². The van der Waals surface area contributed by atoms with Gasteiger partial charge in [-0.15, -0.1) is 11.3 Å². The lowest BCUT2D eigenvalue weighted by Crippen LogP contribution is -2.12. The van der Waals surface area contributed by atoms with Crippen LogP contribution >= 0.6 is 23.1 Å². The minimum atomic E-state index is 0.0400. The van der Waals surface area contributed by atoms with Gasteiger partial charge in [0.25, 0.3) is 0 Å². The van der Waals surface area contributed by atoms with Gasteiger partial charge < -0.3 is 9.73 Å². The van der Waals surface area contributed by atoms with Crippen molar-refractivity contribution in [2.24, 2.45) is 0 Å². The number of hydrogen-bond acceptors (Lipinski definition) is 5. The maximum Gasteiger partial charge on any atom is 0.225 e. The average Bonchev–Trinajstić information content (AvgIpc) is 3.24. The summed E-state index contributed by atoms with van der Waals surface area (Å²) in [5.41, 5.74) is 1.86. The van der Waals surface area contributed by atoms with Crippen molar-refractivity contribution in [3.05, 3.63) is 59.8 Å². The number of carbonyl (C=O) groups is 1. The Labute approximate surface area is 142 Å². The van der Waals surface area contributed by atoms with Gasteiger partial charge in [0.1, 0.15) is 0 Å². The Morgan fingerprint density at radius 3 is 2.87 bits per heavy atom. The van der Waals surface area contributed by atoms with Gasteiger partial charge in [0.15, 0.2) is 10.8 Å². The first-order valence-corrected chi connectivity index (χ1v) is 9.25. The van der Waals surface area contributed by atoms with Gasteiger partial charge in [-0.25, -0.2) is 4.98 Å². The van der Waals surface area contributed by atoms with E-state index in [4.69, 9.17) is 4.42 Å². The third-order valence-corrected chi connectivity index (χ3v) is 4.96. The molecule has 1 N–H and O–H groups in total. The molecule has 0 fully saturated rings. The minimum absolute atomic E-state index is 0.0400. The molecule has 0 bridgehead atoms. The number of rotatable bonds is 7. The third kappa shape index (κ3) is 4.71. The molecule has 0 unspecified atom stereocenters. The van der Waals surface area contributed by atoms with Crippen molar-refractivity contribution in [3.63, 3.8) is 0 Å². The topological polar surface area (TPSA) is 55.1 Å². The molecule has 0 atom stereocenters. The lowest BCUT2D eigenvalue weighted by atomic mass is 10.3. The van der Waals surface area contributed by atoms with Gasteiger partial charge in [0.05, 0.1) is 12.0 Å². The number of thiazole rings is 1. The number of amides is 1. The van der Waals surface area contributed by atoms with E-state index in [-0.39, 0.29) is 5.91 Å². The van der Waals surface area contributed by atoms with Gasteiger partial charge in [0.2, 0.25) is 5.91 Å². The Balaban J connectivity index is 1.39. The summed E-state index contributed by atoms with van der Waals surface area (Å²) in [5, 5.41) is 5.82. The van der Waals surface area contributed by atoms with Crippen LogP contribution in [-0.2, 0) is 10.5 Å². The fourth-order valence-corrected chi connectivity index (χ4v) is 3.70. The van der Waals surface area contributed by atoms with Crippen molar-refractivity contribution in [3.8, 4) is 10.8 Å². The van der Waals surface area contributed by atoms with Crippen molar-refractivity contribution < 1.29 is 9.21 Å². The van der Waals surface area contributed by atoms with E-state index in [1.165, 1.54) is 0 Å². The molecular formula is C17H16N2O2S2. The highest BCUT2D eigenvalue weighted by Crippen LogP contribution is 2.25. The summed E-state index contributed by atoms with van der Waals surface area (Å²) in [5.74, 6) is 2.41. The summed E-state index contributed by atoms with van der Waals surface area (Å²) in [6.07, 6.45) is 2.14. The number of furan rings is 1. The quantitative estimate of drug-likeness (QED) is 0.633. The van der Waals surface area contributed by atoms with Crippen LogP contribution in [0.3, 0.4) is 0 Å². The van der Waals surface area contributed by atoms with Crippen LogP contribution in [0.25, 0.3) is 10.8 Å². The monoisotopic (exact) mass is 344 g/mol. The maximum absolute atomic E-state index is 11.8. The predicted molar refractivity (Wildman–Crippen MR) is 95.7 cm³/mol. The number of anilines is 1. The molecule has 2 aromatic heterocycles. The minimum Gasteiger partial charge on any atom is -0.462 e. The van der Waals surface area contributed by atoms with Crippen molar-refractivity contribution in [2.45, 2.75) is 12.2 Å². The molecule has 0 spiro atoms. The van der Waals surface area contributed by atoms with Crippen LogP contribution in [0.15, 0.2) is 58.5 Å². The summed E-state index contributed by atoms with van der Waals surface area (Å²) < 4.78 is 5.33. The average molecular weight is 344 g/mol. The molecule has 3 rings (SSSR count). The summed E-state index contributed by atoms with van der Waals surface area (Å²) in [6, 6.07) is 13.3. The molecule has 1 amide bonds. The molecule has 6 heteroatoms. The normalized spacial score (nSPS) is 10.6. The number of thioether (sulfide) groups is 1. The van der Waals surface area contributed by atoms with Crippen LogP contribution < -0.4 is 5.32 Å². The predicted octanol–water partition coefficient (Wildman–Crippen LogP) is 4.67. The molecule has 2 heterocycles. The number of benzene rings is 1. The Hall–Kier alpha value is -2.05. The highest BCUT2D eigenvalue weighted by Gasteiger charge is 2.07. The molecule has 0 saturated heterocycles. The van der Waals surface area contributed by atoms with E-state index in [9.17, 15) is 4.79 Å². The zero-order valence-corrected chi connectivity index (χ0v) is 14.0. The highest BCUT2D eigenvalue weighted by atomic mass is 32.2. The second-order valence-corrected chi connectivity index (χ2v) is 6.80. The second-order valence-electron chi connectivity index (χ2n) is 4.84. The number of hydrogen-bond donors (Lipinski definition) is 1. The van der Waals surface area contributed by atoms with Gasteiger partial charge in [-0.3, -0.25) is 4.79 Å². The Morgan fingerprint density at radius 2 is 2.09 bits per heavy atom. The molecule has 4 nitrogen and oxygen atoms in total. The zero-order valence-electron chi connectivity index (χ0n) is 12.4. The number of para-hydroxylation sites is 1.